The van der Waals surface area contributed by atoms with Gasteiger partial charge in [-0.05, 0) is 58.0 Å². The molecule has 0 amide bonds. The Morgan fingerprint density at radius 2 is 0.737 bits per heavy atom. The van der Waals surface area contributed by atoms with Crippen molar-refractivity contribution < 1.29 is 4.42 Å². The van der Waals surface area contributed by atoms with Crippen molar-refractivity contribution in [3.05, 3.63) is 194 Å². The van der Waals surface area contributed by atoms with Crippen LogP contribution in [-0.2, 0) is 0 Å². The number of para-hydroxylation sites is 1. The van der Waals surface area contributed by atoms with Crippen molar-refractivity contribution in [3.8, 4) is 67.7 Å². The van der Waals surface area contributed by atoms with Crippen LogP contribution in [0.15, 0.2) is 199 Å². The van der Waals surface area contributed by atoms with E-state index < -0.39 is 0 Å². The van der Waals surface area contributed by atoms with Crippen LogP contribution < -0.4 is 0 Å². The number of benzene rings is 8. The molecule has 11 aromatic rings. The molecule has 0 saturated carbocycles. The maximum Gasteiger partial charge on any atom is 0.164 e. The summed E-state index contributed by atoms with van der Waals surface area (Å²) < 4.78 is 6.49. The number of nitrogens with zero attached hydrogens (tertiary/aromatic N) is 4. The highest BCUT2D eigenvalue weighted by atomic mass is 16.3. The van der Waals surface area contributed by atoms with Crippen molar-refractivity contribution in [1.29, 1.82) is 0 Å². The van der Waals surface area contributed by atoms with Crippen LogP contribution in [0.4, 0.5) is 0 Å². The molecule has 3 heterocycles. The number of hydrogen-bond acceptors (Lipinski definition) is 5. The van der Waals surface area contributed by atoms with Gasteiger partial charge in [-0.1, -0.05) is 164 Å². The topological polar surface area (TPSA) is 64.7 Å². The van der Waals surface area contributed by atoms with Crippen molar-refractivity contribution in [2.75, 3.05) is 0 Å². The zero-order valence-electron chi connectivity index (χ0n) is 30.7. The first-order valence-electron chi connectivity index (χ1n) is 19.0. The second-order valence-electron chi connectivity index (χ2n) is 14.2. The van der Waals surface area contributed by atoms with E-state index in [0.29, 0.717) is 17.5 Å². The molecule has 0 aliphatic carbocycles. The summed E-state index contributed by atoms with van der Waals surface area (Å²) in [4.78, 5) is 19.9. The van der Waals surface area contributed by atoms with Gasteiger partial charge in [0.1, 0.15) is 11.2 Å². The zero-order chi connectivity index (χ0) is 37.7. The standard InChI is InChI=1S/C52H32N4O/c1-4-12-36(13-5-1)49-48-42(41-18-10-11-19-44(41)53-49)29-31-46-47(48)43-32-40(28-30-45(43)57-46)35-22-20-33(21-23-35)34-24-26-39(27-25-34)52-55-50(37-14-6-2-7-15-37)54-51(56-52)38-16-8-3-9-17-38/h1-32H. The first kappa shape index (κ1) is 32.7. The van der Waals surface area contributed by atoms with Crippen molar-refractivity contribution in [3.63, 3.8) is 0 Å². The molecule has 3 aromatic heterocycles. The van der Waals surface area contributed by atoms with Crippen LogP contribution in [0.3, 0.4) is 0 Å². The Morgan fingerprint density at radius 1 is 0.281 bits per heavy atom. The van der Waals surface area contributed by atoms with Gasteiger partial charge in [0.15, 0.2) is 17.5 Å². The van der Waals surface area contributed by atoms with Gasteiger partial charge in [0.05, 0.1) is 11.2 Å². The van der Waals surface area contributed by atoms with E-state index in [1.54, 1.807) is 0 Å². The van der Waals surface area contributed by atoms with E-state index in [1.165, 1.54) is 5.39 Å². The van der Waals surface area contributed by atoms with E-state index in [4.69, 9.17) is 24.4 Å². The number of furan rings is 1. The minimum Gasteiger partial charge on any atom is -0.456 e. The van der Waals surface area contributed by atoms with E-state index in [2.05, 4.69) is 127 Å². The quantitative estimate of drug-likeness (QED) is 0.160. The number of pyridine rings is 1. The summed E-state index contributed by atoms with van der Waals surface area (Å²) in [6.07, 6.45) is 0. The summed E-state index contributed by atoms with van der Waals surface area (Å²) in [5, 5.41) is 5.57. The Kier molecular flexibility index (Phi) is 7.74. The molecule has 5 nitrogen and oxygen atoms in total. The highest BCUT2D eigenvalue weighted by molar-refractivity contribution is 6.27. The van der Waals surface area contributed by atoms with Gasteiger partial charge in [0.2, 0.25) is 0 Å². The molecule has 5 heteroatoms. The second kappa shape index (κ2) is 13.5. The third kappa shape index (κ3) is 5.81. The minimum atomic E-state index is 0.638. The normalized spacial score (nSPS) is 11.5. The van der Waals surface area contributed by atoms with E-state index in [-0.39, 0.29) is 0 Å². The van der Waals surface area contributed by atoms with Crippen LogP contribution in [0.25, 0.3) is 111 Å². The van der Waals surface area contributed by atoms with Gasteiger partial charge in [-0.25, -0.2) is 19.9 Å². The van der Waals surface area contributed by atoms with Crippen molar-refractivity contribution in [2.45, 2.75) is 0 Å². The SMILES string of the molecule is c1ccc(-c2nc(-c3ccccc3)nc(-c3ccc(-c4ccc(-c5ccc6oc7ccc8c9ccccc9nc(-c9ccccc9)c8c7c6c5)cc4)cc3)n2)cc1. The second-order valence-corrected chi connectivity index (χ2v) is 14.2. The number of hydrogen-bond donors (Lipinski definition) is 0. The summed E-state index contributed by atoms with van der Waals surface area (Å²) in [5.41, 5.74) is 12.1. The largest absolute Gasteiger partial charge is 0.456 e. The Bertz CT molecular complexity index is 3190. The average Bonchev–Trinajstić information content (AvgIpc) is 3.68. The van der Waals surface area contributed by atoms with Gasteiger partial charge in [-0.15, -0.1) is 0 Å². The van der Waals surface area contributed by atoms with E-state index in [9.17, 15) is 0 Å². The first-order valence-corrected chi connectivity index (χ1v) is 19.0. The van der Waals surface area contributed by atoms with Gasteiger partial charge in [-0.2, -0.15) is 0 Å². The predicted molar refractivity (Wildman–Crippen MR) is 233 cm³/mol. The Labute approximate surface area is 328 Å². The van der Waals surface area contributed by atoms with E-state index in [1.807, 2.05) is 66.7 Å². The predicted octanol–water partition coefficient (Wildman–Crippen LogP) is 13.5. The van der Waals surface area contributed by atoms with E-state index in [0.717, 1.165) is 88.4 Å². The third-order valence-electron chi connectivity index (χ3n) is 10.7. The lowest BCUT2D eigenvalue weighted by Crippen LogP contribution is -2.00. The highest BCUT2D eigenvalue weighted by Crippen LogP contribution is 2.42. The van der Waals surface area contributed by atoms with Crippen LogP contribution in [-0.4, -0.2) is 19.9 Å². The molecule has 0 fully saturated rings. The lowest BCUT2D eigenvalue weighted by Gasteiger charge is -2.11. The highest BCUT2D eigenvalue weighted by Gasteiger charge is 2.19. The van der Waals surface area contributed by atoms with Crippen LogP contribution in [0.2, 0.25) is 0 Å². The lowest BCUT2D eigenvalue weighted by molar-refractivity contribution is 0.669. The van der Waals surface area contributed by atoms with Crippen molar-refractivity contribution in [2.24, 2.45) is 0 Å². The molecule has 0 spiro atoms. The fraction of sp³-hybridized carbons (Fsp3) is 0. The first-order chi connectivity index (χ1) is 28.2. The number of rotatable bonds is 6. The molecule has 11 rings (SSSR count). The number of aromatic nitrogens is 4. The van der Waals surface area contributed by atoms with Gasteiger partial charge in [0.25, 0.3) is 0 Å². The molecular weight excluding hydrogens is 697 g/mol. The van der Waals surface area contributed by atoms with E-state index >= 15 is 0 Å². The van der Waals surface area contributed by atoms with Gasteiger partial charge in [0, 0.05) is 43.8 Å². The molecule has 0 saturated heterocycles. The summed E-state index contributed by atoms with van der Waals surface area (Å²) >= 11 is 0. The Hall–Kier alpha value is -7.76. The Morgan fingerprint density at radius 3 is 1.33 bits per heavy atom. The Balaban J connectivity index is 0.957. The molecule has 266 valence electrons. The molecule has 0 bridgehead atoms. The van der Waals surface area contributed by atoms with Gasteiger partial charge >= 0.3 is 0 Å². The monoisotopic (exact) mass is 728 g/mol. The number of fused-ring (bicyclic) bond motifs is 7. The van der Waals surface area contributed by atoms with Gasteiger partial charge < -0.3 is 4.42 Å². The summed E-state index contributed by atoms with van der Waals surface area (Å²) in [6.45, 7) is 0. The lowest BCUT2D eigenvalue weighted by atomic mass is 9.94. The molecule has 0 unspecified atom stereocenters. The smallest absolute Gasteiger partial charge is 0.164 e. The zero-order valence-corrected chi connectivity index (χ0v) is 30.7. The summed E-state index contributed by atoms with van der Waals surface area (Å²) in [5.74, 6) is 1.94. The third-order valence-corrected chi connectivity index (χ3v) is 10.7. The van der Waals surface area contributed by atoms with Crippen molar-refractivity contribution in [1.82, 2.24) is 19.9 Å². The molecule has 0 aliphatic rings. The molecule has 57 heavy (non-hydrogen) atoms. The van der Waals surface area contributed by atoms with Gasteiger partial charge in [-0.3, -0.25) is 0 Å². The summed E-state index contributed by atoms with van der Waals surface area (Å²) in [7, 11) is 0. The fourth-order valence-electron chi connectivity index (χ4n) is 7.90. The van der Waals surface area contributed by atoms with Crippen LogP contribution >= 0.6 is 0 Å². The summed E-state index contributed by atoms with van der Waals surface area (Å²) in [6, 6.07) is 66.9. The van der Waals surface area contributed by atoms with Crippen LogP contribution in [0, 0.1) is 0 Å². The molecule has 8 aromatic carbocycles. The average molecular weight is 729 g/mol. The van der Waals surface area contributed by atoms with Crippen LogP contribution in [0.1, 0.15) is 0 Å². The molecular formula is C52H32N4O. The fourth-order valence-corrected chi connectivity index (χ4v) is 7.90. The van der Waals surface area contributed by atoms with Crippen molar-refractivity contribution >= 4 is 43.6 Å². The molecule has 0 N–H and O–H groups in total. The molecule has 0 aliphatic heterocycles. The molecule has 0 atom stereocenters. The maximum absolute atomic E-state index is 6.49. The molecule has 0 radical (unpaired) electrons. The maximum atomic E-state index is 6.49. The van der Waals surface area contributed by atoms with Crippen LogP contribution in [0.5, 0.6) is 0 Å². The minimum absolute atomic E-state index is 0.638.